The number of carbonyl (C=O) groups is 1. The second-order valence-electron chi connectivity index (χ2n) is 8.39. The molecule has 1 saturated carbocycles. The highest BCUT2D eigenvalue weighted by atomic mass is 32.2. The number of ketones is 1. The van der Waals surface area contributed by atoms with E-state index < -0.39 is 10.0 Å². The van der Waals surface area contributed by atoms with E-state index in [1.54, 1.807) is 24.3 Å². The van der Waals surface area contributed by atoms with Gasteiger partial charge in [0, 0.05) is 36.8 Å². The molecule has 0 bridgehead atoms. The molecule has 3 atom stereocenters. The quantitative estimate of drug-likeness (QED) is 0.528. The lowest BCUT2D eigenvalue weighted by Gasteiger charge is -2.15. The van der Waals surface area contributed by atoms with E-state index in [2.05, 4.69) is 22.2 Å². The first-order valence-electron chi connectivity index (χ1n) is 10.5. The third kappa shape index (κ3) is 4.31. The molecule has 2 N–H and O–H groups in total. The smallest absolute Gasteiger partial charge is 0.267 e. The summed E-state index contributed by atoms with van der Waals surface area (Å²) >= 11 is 0. The molecule has 1 aliphatic rings. The van der Waals surface area contributed by atoms with Crippen LogP contribution in [0.25, 0.3) is 0 Å². The molecule has 2 aromatic heterocycles. The van der Waals surface area contributed by atoms with Crippen LogP contribution in [0.4, 0.5) is 5.82 Å². The molecule has 1 aromatic carbocycles. The van der Waals surface area contributed by atoms with Crippen molar-refractivity contribution in [2.24, 2.45) is 11.8 Å². The van der Waals surface area contributed by atoms with Gasteiger partial charge in [0.2, 0.25) is 0 Å². The van der Waals surface area contributed by atoms with E-state index in [1.165, 1.54) is 31.0 Å². The van der Waals surface area contributed by atoms with Crippen LogP contribution >= 0.6 is 0 Å². The number of aryl methyl sites for hydroxylation is 1. The maximum atomic E-state index is 13.2. The van der Waals surface area contributed by atoms with Crippen molar-refractivity contribution < 1.29 is 18.3 Å². The third-order valence-electron chi connectivity index (χ3n) is 6.11. The molecule has 0 aliphatic heterocycles. The first-order valence-corrected chi connectivity index (χ1v) is 12.0. The van der Waals surface area contributed by atoms with E-state index in [0.717, 1.165) is 22.4 Å². The van der Waals surface area contributed by atoms with E-state index in [1.807, 2.05) is 6.92 Å². The zero-order chi connectivity index (χ0) is 22.9. The number of aliphatic hydroxyl groups excluding tert-OH is 1. The number of nitrogens with one attached hydrogen (secondary N) is 1. The fraction of sp³-hybridized carbons (Fsp3) is 0.348. The summed E-state index contributed by atoms with van der Waals surface area (Å²) in [6.45, 7) is 4.12. The summed E-state index contributed by atoms with van der Waals surface area (Å²) in [5.74, 6) is 0.639. The zero-order valence-corrected chi connectivity index (χ0v) is 18.8. The highest BCUT2D eigenvalue weighted by molar-refractivity contribution is 7.90. The number of rotatable bonds is 7. The molecule has 4 rings (SSSR count). The minimum atomic E-state index is -3.80. The van der Waals surface area contributed by atoms with E-state index in [4.69, 9.17) is 0 Å². The molecule has 1 fully saturated rings. The molecule has 168 valence electrons. The number of nitrogens with zero attached hydrogens (tertiary/aromatic N) is 3. The van der Waals surface area contributed by atoms with Crippen molar-refractivity contribution in [3.8, 4) is 0 Å². The summed E-state index contributed by atoms with van der Waals surface area (Å²) in [5, 5.41) is 12.8. The van der Waals surface area contributed by atoms with Gasteiger partial charge in [-0.2, -0.15) is 0 Å². The number of carbonyl (C=O) groups excluding carboxylic acids is 1. The van der Waals surface area contributed by atoms with Crippen molar-refractivity contribution >= 4 is 21.6 Å². The molecule has 0 radical (unpaired) electrons. The van der Waals surface area contributed by atoms with Crippen molar-refractivity contribution in [2.45, 2.75) is 37.6 Å². The van der Waals surface area contributed by atoms with Crippen molar-refractivity contribution in [3.63, 3.8) is 0 Å². The average Bonchev–Trinajstić information content (AvgIpc) is 3.41. The van der Waals surface area contributed by atoms with Crippen LogP contribution in [0.2, 0.25) is 0 Å². The Morgan fingerprint density at radius 3 is 2.66 bits per heavy atom. The number of hydrogen-bond acceptors (Lipinski definition) is 7. The maximum absolute atomic E-state index is 13.2. The van der Waals surface area contributed by atoms with E-state index in [9.17, 15) is 18.3 Å². The second kappa shape index (κ2) is 8.84. The van der Waals surface area contributed by atoms with Gasteiger partial charge in [0.25, 0.3) is 10.0 Å². The van der Waals surface area contributed by atoms with Gasteiger partial charge >= 0.3 is 0 Å². The van der Waals surface area contributed by atoms with Gasteiger partial charge in [0.1, 0.15) is 12.1 Å². The van der Waals surface area contributed by atoms with Crippen molar-refractivity contribution in [1.29, 1.82) is 0 Å². The summed E-state index contributed by atoms with van der Waals surface area (Å²) in [6, 6.07) is 8.11. The Balaban J connectivity index is 1.57. The Bertz CT molecular complexity index is 1220. The van der Waals surface area contributed by atoms with Crippen LogP contribution < -0.4 is 5.32 Å². The number of benzene rings is 1. The van der Waals surface area contributed by atoms with E-state index in [0.29, 0.717) is 11.7 Å². The zero-order valence-electron chi connectivity index (χ0n) is 18.0. The molecule has 1 aliphatic carbocycles. The minimum absolute atomic E-state index is 0.0927. The Morgan fingerprint density at radius 2 is 1.97 bits per heavy atom. The standard InChI is InChI=1S/C23H26N4O4S/c1-15-3-5-20(6-4-15)32(30,31)27-8-7-17(12-27)22(29)21-11-24-14-25-23(21)26-19-9-16(2)18(10-19)13-28/h3-8,11-12,14,16,18-19,28H,9-10,13H2,1-2H3,(H,24,25,26)/t16-,18+,19-/m0/s1. The first kappa shape index (κ1) is 22.2. The fourth-order valence-electron chi connectivity index (χ4n) is 4.16. The summed E-state index contributed by atoms with van der Waals surface area (Å²) in [6.07, 6.45) is 7.14. The molecular weight excluding hydrogens is 428 g/mol. The lowest BCUT2D eigenvalue weighted by Crippen LogP contribution is -2.20. The molecule has 9 heteroatoms. The van der Waals surface area contributed by atoms with Crippen LogP contribution in [0.1, 0.15) is 41.3 Å². The molecule has 8 nitrogen and oxygen atoms in total. The predicted octanol–water partition coefficient (Wildman–Crippen LogP) is 2.87. The van der Waals surface area contributed by atoms with Crippen molar-refractivity contribution in [2.75, 3.05) is 11.9 Å². The average molecular weight is 455 g/mol. The molecule has 32 heavy (non-hydrogen) atoms. The number of hydrogen-bond donors (Lipinski definition) is 2. The summed E-state index contributed by atoms with van der Waals surface area (Å²) in [7, 11) is -3.80. The van der Waals surface area contributed by atoms with Gasteiger partial charge in [0.05, 0.1) is 10.5 Å². The maximum Gasteiger partial charge on any atom is 0.267 e. The van der Waals surface area contributed by atoms with Crippen molar-refractivity contribution in [3.05, 3.63) is 71.9 Å². The topological polar surface area (TPSA) is 114 Å². The summed E-state index contributed by atoms with van der Waals surface area (Å²) < 4.78 is 26.8. The summed E-state index contributed by atoms with van der Waals surface area (Å²) in [5.41, 5.74) is 1.46. The molecular formula is C23H26N4O4S. The van der Waals surface area contributed by atoms with Crippen LogP contribution in [-0.2, 0) is 10.0 Å². The van der Waals surface area contributed by atoms with Gasteiger partial charge in [-0.25, -0.2) is 22.4 Å². The summed E-state index contributed by atoms with van der Waals surface area (Å²) in [4.78, 5) is 21.6. The highest BCUT2D eigenvalue weighted by Gasteiger charge is 2.31. The molecule has 3 aromatic rings. The van der Waals surface area contributed by atoms with Crippen LogP contribution in [0.5, 0.6) is 0 Å². The number of aromatic nitrogens is 3. The lowest BCUT2D eigenvalue weighted by atomic mass is 10.00. The monoisotopic (exact) mass is 454 g/mol. The van der Waals surface area contributed by atoms with Gasteiger partial charge < -0.3 is 10.4 Å². The highest BCUT2D eigenvalue weighted by Crippen LogP contribution is 2.33. The number of aliphatic hydroxyl groups is 1. The van der Waals surface area contributed by atoms with Crippen LogP contribution in [-0.4, -0.2) is 45.9 Å². The molecule has 0 saturated heterocycles. The predicted molar refractivity (Wildman–Crippen MR) is 120 cm³/mol. The molecule has 0 unspecified atom stereocenters. The van der Waals surface area contributed by atoms with Crippen LogP contribution in [0.15, 0.2) is 60.1 Å². The molecule has 2 heterocycles. The van der Waals surface area contributed by atoms with Gasteiger partial charge in [-0.05, 0) is 49.8 Å². The Morgan fingerprint density at radius 1 is 1.22 bits per heavy atom. The SMILES string of the molecule is Cc1ccc(S(=O)(=O)n2ccc(C(=O)c3cncnc3N[C@@H]3C[C@H](CO)[C@@H](C)C3)c2)cc1. The molecule has 0 amide bonds. The third-order valence-corrected chi connectivity index (χ3v) is 7.76. The van der Waals surface area contributed by atoms with E-state index in [-0.39, 0.29) is 40.4 Å². The lowest BCUT2D eigenvalue weighted by molar-refractivity contribution is 0.103. The van der Waals surface area contributed by atoms with Gasteiger partial charge in [0.15, 0.2) is 5.78 Å². The Kier molecular flexibility index (Phi) is 6.12. The first-order chi connectivity index (χ1) is 15.3. The van der Waals surface area contributed by atoms with Gasteiger partial charge in [-0.15, -0.1) is 0 Å². The van der Waals surface area contributed by atoms with Gasteiger partial charge in [-0.3, -0.25) is 4.79 Å². The minimum Gasteiger partial charge on any atom is -0.396 e. The largest absolute Gasteiger partial charge is 0.396 e. The fourth-order valence-corrected chi connectivity index (χ4v) is 5.36. The van der Waals surface area contributed by atoms with Crippen molar-refractivity contribution in [1.82, 2.24) is 13.9 Å². The van der Waals surface area contributed by atoms with Crippen LogP contribution in [0, 0.1) is 18.8 Å². The normalized spacial score (nSPS) is 20.9. The Labute approximate surface area is 187 Å². The van der Waals surface area contributed by atoms with E-state index >= 15 is 0 Å². The van der Waals surface area contributed by atoms with Gasteiger partial charge in [-0.1, -0.05) is 24.6 Å². The second-order valence-corrected chi connectivity index (χ2v) is 10.2. The molecule has 0 spiro atoms. The van der Waals surface area contributed by atoms with Crippen LogP contribution in [0.3, 0.4) is 0 Å². The number of anilines is 1. The Hall–Kier alpha value is -3.04.